The zero-order chi connectivity index (χ0) is 13.4. The third kappa shape index (κ3) is 2.37. The Kier molecular flexibility index (Phi) is 3.05. The van der Waals surface area contributed by atoms with Gasteiger partial charge in [-0.2, -0.15) is 0 Å². The Bertz CT molecular complexity index is 644. The molecule has 0 bridgehead atoms. The molecule has 96 valence electrons. The van der Waals surface area contributed by atoms with Crippen LogP contribution in [-0.4, -0.2) is 5.11 Å². The summed E-state index contributed by atoms with van der Waals surface area (Å²) in [5, 5.41) is 10.8. The van der Waals surface area contributed by atoms with Crippen molar-refractivity contribution in [3.8, 4) is 5.75 Å². The highest BCUT2D eigenvalue weighted by molar-refractivity contribution is 6.30. The maximum absolute atomic E-state index is 10.2. The second kappa shape index (κ2) is 4.72. The molecular formula is C16H13ClO2. The van der Waals surface area contributed by atoms with E-state index < -0.39 is 6.10 Å². The van der Waals surface area contributed by atoms with Crippen LogP contribution in [0.2, 0.25) is 5.02 Å². The maximum Gasteiger partial charge on any atom is 0.140 e. The van der Waals surface area contributed by atoms with E-state index in [1.807, 2.05) is 37.3 Å². The molecule has 0 fully saturated rings. The molecule has 3 rings (SSSR count). The minimum atomic E-state index is -0.755. The molecule has 0 spiro atoms. The van der Waals surface area contributed by atoms with Crippen molar-refractivity contribution in [2.75, 3.05) is 0 Å². The number of aryl methyl sites for hydroxylation is 1. The number of fused-ring (bicyclic) bond motifs is 1. The molecule has 1 aliphatic rings. The van der Waals surface area contributed by atoms with Crippen molar-refractivity contribution in [1.29, 1.82) is 0 Å². The van der Waals surface area contributed by atoms with E-state index in [2.05, 4.69) is 0 Å². The van der Waals surface area contributed by atoms with E-state index in [1.54, 1.807) is 18.2 Å². The minimum Gasteiger partial charge on any atom is -0.458 e. The van der Waals surface area contributed by atoms with Crippen LogP contribution in [0.3, 0.4) is 0 Å². The molecule has 1 heterocycles. The number of halogens is 1. The summed E-state index contributed by atoms with van der Waals surface area (Å²) in [5.74, 6) is 1.19. The summed E-state index contributed by atoms with van der Waals surface area (Å²) in [5.41, 5.74) is 2.91. The van der Waals surface area contributed by atoms with Crippen LogP contribution in [0.1, 0.15) is 22.8 Å². The van der Waals surface area contributed by atoms with Crippen LogP contribution in [0.15, 0.2) is 48.2 Å². The number of hydrogen-bond donors (Lipinski definition) is 1. The monoisotopic (exact) mass is 272 g/mol. The van der Waals surface area contributed by atoms with Crippen LogP contribution in [0, 0.1) is 6.92 Å². The molecule has 1 unspecified atom stereocenters. The number of aliphatic hydroxyl groups excluding tert-OH is 1. The van der Waals surface area contributed by atoms with Crippen LogP contribution >= 0.6 is 11.6 Å². The molecule has 0 amide bonds. The highest BCUT2D eigenvalue weighted by Crippen LogP contribution is 2.40. The number of rotatable bonds is 1. The van der Waals surface area contributed by atoms with Gasteiger partial charge in [0.15, 0.2) is 0 Å². The fourth-order valence-electron chi connectivity index (χ4n) is 2.10. The van der Waals surface area contributed by atoms with Crippen molar-refractivity contribution in [1.82, 2.24) is 0 Å². The van der Waals surface area contributed by atoms with Gasteiger partial charge < -0.3 is 9.84 Å². The first kappa shape index (κ1) is 12.3. The zero-order valence-electron chi connectivity index (χ0n) is 10.4. The van der Waals surface area contributed by atoms with Crippen molar-refractivity contribution in [2.24, 2.45) is 0 Å². The van der Waals surface area contributed by atoms with Gasteiger partial charge in [0.2, 0.25) is 0 Å². The van der Waals surface area contributed by atoms with Gasteiger partial charge in [-0.3, -0.25) is 0 Å². The third-order valence-electron chi connectivity index (χ3n) is 3.15. The fraction of sp³-hybridized carbons (Fsp3) is 0.125. The van der Waals surface area contributed by atoms with Gasteiger partial charge in [-0.1, -0.05) is 41.4 Å². The average molecular weight is 273 g/mol. The molecule has 0 radical (unpaired) electrons. The molecule has 1 N–H and O–H groups in total. The van der Waals surface area contributed by atoms with Gasteiger partial charge >= 0.3 is 0 Å². The number of hydrogen-bond acceptors (Lipinski definition) is 2. The largest absolute Gasteiger partial charge is 0.458 e. The van der Waals surface area contributed by atoms with E-state index in [4.69, 9.17) is 16.3 Å². The average Bonchev–Trinajstić information content (AvgIpc) is 2.70. The van der Waals surface area contributed by atoms with Crippen LogP contribution in [0.5, 0.6) is 5.75 Å². The first-order valence-electron chi connectivity index (χ1n) is 6.07. The van der Waals surface area contributed by atoms with E-state index in [-0.39, 0.29) is 0 Å². The Morgan fingerprint density at radius 3 is 2.63 bits per heavy atom. The predicted molar refractivity (Wildman–Crippen MR) is 76.2 cm³/mol. The summed E-state index contributed by atoms with van der Waals surface area (Å²) in [6.07, 6.45) is 1.09. The predicted octanol–water partition coefficient (Wildman–Crippen LogP) is 4.12. The molecule has 0 saturated carbocycles. The summed E-state index contributed by atoms with van der Waals surface area (Å²) in [6, 6.07) is 13.3. The van der Waals surface area contributed by atoms with E-state index in [9.17, 15) is 5.11 Å². The molecule has 1 aliphatic heterocycles. The minimum absolute atomic E-state index is 0.529. The van der Waals surface area contributed by atoms with Gasteiger partial charge in [0.25, 0.3) is 0 Å². The first-order valence-corrected chi connectivity index (χ1v) is 6.45. The van der Waals surface area contributed by atoms with Gasteiger partial charge in [0.1, 0.15) is 17.6 Å². The summed E-state index contributed by atoms with van der Waals surface area (Å²) >= 11 is 5.93. The normalized spacial score (nSPS) is 19.3. The van der Waals surface area contributed by atoms with Crippen molar-refractivity contribution < 1.29 is 9.84 Å². The zero-order valence-corrected chi connectivity index (χ0v) is 11.2. The first-order chi connectivity index (χ1) is 9.13. The lowest BCUT2D eigenvalue weighted by molar-refractivity contribution is 0.193. The van der Waals surface area contributed by atoms with E-state index in [0.29, 0.717) is 22.1 Å². The topological polar surface area (TPSA) is 29.5 Å². The highest BCUT2D eigenvalue weighted by Gasteiger charge is 2.27. The Balaban J connectivity index is 1.95. The lowest BCUT2D eigenvalue weighted by atomic mass is 10.1. The van der Waals surface area contributed by atoms with Crippen molar-refractivity contribution in [3.05, 3.63) is 69.9 Å². The van der Waals surface area contributed by atoms with Crippen LogP contribution in [0.25, 0.3) is 6.08 Å². The highest BCUT2D eigenvalue weighted by atomic mass is 35.5. The van der Waals surface area contributed by atoms with Gasteiger partial charge in [-0.25, -0.2) is 0 Å². The van der Waals surface area contributed by atoms with Crippen molar-refractivity contribution >= 4 is 17.7 Å². The second-order valence-electron chi connectivity index (χ2n) is 4.64. The molecule has 2 nitrogen and oxygen atoms in total. The van der Waals surface area contributed by atoms with Crippen molar-refractivity contribution in [3.63, 3.8) is 0 Å². The standard InChI is InChI=1S/C16H13ClO2/c1-10-2-4-11(5-3-10)8-15-16(18)13-9-12(17)6-7-14(13)19-15/h2-9,16,18H,1H3/b15-8-. The van der Waals surface area contributed by atoms with Gasteiger partial charge in [0, 0.05) is 10.6 Å². The summed E-state index contributed by atoms with van der Waals surface area (Å²) in [7, 11) is 0. The smallest absolute Gasteiger partial charge is 0.140 e. The van der Waals surface area contributed by atoms with Gasteiger partial charge in [-0.15, -0.1) is 0 Å². The Hall–Kier alpha value is -1.77. The molecule has 0 aliphatic carbocycles. The quantitative estimate of drug-likeness (QED) is 0.846. The fourth-order valence-corrected chi connectivity index (χ4v) is 2.28. The SMILES string of the molecule is Cc1ccc(/C=C2\Oc3ccc(Cl)cc3C2O)cc1. The van der Waals surface area contributed by atoms with E-state index >= 15 is 0 Å². The molecule has 0 saturated heterocycles. The molecule has 2 aromatic carbocycles. The Labute approximate surface area is 116 Å². The van der Waals surface area contributed by atoms with Crippen LogP contribution < -0.4 is 4.74 Å². The Morgan fingerprint density at radius 2 is 1.89 bits per heavy atom. The lowest BCUT2D eigenvalue weighted by Gasteiger charge is -2.03. The molecule has 3 heteroatoms. The number of aliphatic hydroxyl groups is 1. The second-order valence-corrected chi connectivity index (χ2v) is 5.08. The summed E-state index contributed by atoms with van der Waals surface area (Å²) < 4.78 is 5.66. The third-order valence-corrected chi connectivity index (χ3v) is 3.39. The molecule has 0 aromatic heterocycles. The lowest BCUT2D eigenvalue weighted by Crippen LogP contribution is -1.96. The number of ether oxygens (including phenoxy) is 1. The summed E-state index contributed by atoms with van der Waals surface area (Å²) in [4.78, 5) is 0. The molecule has 19 heavy (non-hydrogen) atoms. The molecule has 1 atom stereocenters. The maximum atomic E-state index is 10.2. The molecule has 2 aromatic rings. The van der Waals surface area contributed by atoms with Gasteiger partial charge in [0.05, 0.1) is 0 Å². The van der Waals surface area contributed by atoms with Crippen LogP contribution in [0.4, 0.5) is 0 Å². The van der Waals surface area contributed by atoms with Crippen molar-refractivity contribution in [2.45, 2.75) is 13.0 Å². The van der Waals surface area contributed by atoms with Crippen LogP contribution in [-0.2, 0) is 0 Å². The molecular weight excluding hydrogens is 260 g/mol. The van der Waals surface area contributed by atoms with E-state index in [0.717, 1.165) is 5.56 Å². The summed E-state index contributed by atoms with van der Waals surface area (Å²) in [6.45, 7) is 2.04. The van der Waals surface area contributed by atoms with Gasteiger partial charge in [-0.05, 0) is 36.8 Å². The van der Waals surface area contributed by atoms with E-state index in [1.165, 1.54) is 5.56 Å². The number of benzene rings is 2. The Morgan fingerprint density at radius 1 is 1.16 bits per heavy atom.